The maximum Gasteiger partial charge on any atom is 0.433 e. The highest BCUT2D eigenvalue weighted by molar-refractivity contribution is 5.76. The van der Waals surface area contributed by atoms with Gasteiger partial charge in [0.15, 0.2) is 11.5 Å². The lowest BCUT2D eigenvalue weighted by molar-refractivity contribution is -0.141. The fraction of sp³-hybridized carbons (Fsp3) is 0.318. The molecule has 0 amide bonds. The summed E-state index contributed by atoms with van der Waals surface area (Å²) in [6.45, 7) is 1.78. The van der Waals surface area contributed by atoms with Gasteiger partial charge in [0.25, 0.3) is 0 Å². The molecule has 6 nitrogen and oxygen atoms in total. The summed E-state index contributed by atoms with van der Waals surface area (Å²) in [6.07, 6.45) is 1.68. The highest BCUT2D eigenvalue weighted by Gasteiger charge is 2.34. The number of aromatic nitrogens is 3. The number of anilines is 3. The lowest BCUT2D eigenvalue weighted by atomic mass is 10.1. The predicted molar refractivity (Wildman–Crippen MR) is 113 cm³/mol. The van der Waals surface area contributed by atoms with E-state index in [2.05, 4.69) is 25.2 Å². The molecule has 0 spiro atoms. The first-order valence-electron chi connectivity index (χ1n) is 10.0. The third-order valence-corrected chi connectivity index (χ3v) is 5.10. The molecule has 0 saturated carbocycles. The predicted octanol–water partition coefficient (Wildman–Crippen LogP) is 5.30. The van der Waals surface area contributed by atoms with Gasteiger partial charge in [0, 0.05) is 43.2 Å². The van der Waals surface area contributed by atoms with Gasteiger partial charge in [0.2, 0.25) is 0 Å². The average molecular weight is 429 g/mol. The van der Waals surface area contributed by atoms with E-state index < -0.39 is 11.9 Å². The zero-order valence-corrected chi connectivity index (χ0v) is 17.0. The first kappa shape index (κ1) is 20.9. The lowest BCUT2D eigenvalue weighted by Gasteiger charge is -2.31. The largest absolute Gasteiger partial charge is 0.497 e. The summed E-state index contributed by atoms with van der Waals surface area (Å²) >= 11 is 0. The molecule has 4 rings (SSSR count). The molecule has 2 aromatic heterocycles. The molecule has 162 valence electrons. The number of nitrogens with zero attached hydrogens (tertiary/aromatic N) is 4. The maximum atomic E-state index is 13.5. The minimum Gasteiger partial charge on any atom is -0.497 e. The minimum absolute atomic E-state index is 0.0483. The van der Waals surface area contributed by atoms with E-state index in [4.69, 9.17) is 4.74 Å². The molecule has 0 radical (unpaired) electrons. The second kappa shape index (κ2) is 8.79. The molecule has 0 atom stereocenters. The van der Waals surface area contributed by atoms with Gasteiger partial charge in [-0.15, -0.1) is 0 Å². The van der Waals surface area contributed by atoms with Crippen molar-refractivity contribution in [1.82, 2.24) is 15.0 Å². The van der Waals surface area contributed by atoms with Gasteiger partial charge in [-0.1, -0.05) is 0 Å². The summed E-state index contributed by atoms with van der Waals surface area (Å²) in [5.74, 6) is 0.598. The van der Waals surface area contributed by atoms with E-state index >= 15 is 0 Å². The van der Waals surface area contributed by atoms with E-state index in [9.17, 15) is 13.2 Å². The second-order valence-electron chi connectivity index (χ2n) is 7.26. The summed E-state index contributed by atoms with van der Waals surface area (Å²) in [7, 11) is 1.55. The molecule has 3 heterocycles. The van der Waals surface area contributed by atoms with Crippen molar-refractivity contribution in [3.8, 4) is 17.1 Å². The molecule has 0 bridgehead atoms. The van der Waals surface area contributed by atoms with Crippen LogP contribution in [0.5, 0.6) is 5.75 Å². The Kier molecular flexibility index (Phi) is 5.92. The van der Waals surface area contributed by atoms with E-state index in [1.807, 2.05) is 12.1 Å². The van der Waals surface area contributed by atoms with Gasteiger partial charge in [-0.2, -0.15) is 13.2 Å². The summed E-state index contributed by atoms with van der Waals surface area (Å²) < 4.78 is 45.9. The zero-order valence-electron chi connectivity index (χ0n) is 17.0. The van der Waals surface area contributed by atoms with Crippen LogP contribution in [-0.2, 0) is 6.18 Å². The number of piperidine rings is 1. The SMILES string of the molecule is COc1ccc(N2CCCCC2)c(Nc2cc(C(F)(F)F)nc(-c3cccnc3)n2)c1. The normalized spacial score (nSPS) is 14.4. The van der Waals surface area contributed by atoms with Gasteiger partial charge < -0.3 is 15.0 Å². The molecule has 0 unspecified atom stereocenters. The Morgan fingerprint density at radius 2 is 1.84 bits per heavy atom. The fourth-order valence-corrected chi connectivity index (χ4v) is 3.57. The van der Waals surface area contributed by atoms with Crippen LogP contribution >= 0.6 is 0 Å². The first-order valence-corrected chi connectivity index (χ1v) is 10.0. The third kappa shape index (κ3) is 4.87. The zero-order chi connectivity index (χ0) is 21.8. The smallest absolute Gasteiger partial charge is 0.433 e. The molecule has 1 aromatic carbocycles. The molecule has 9 heteroatoms. The van der Waals surface area contributed by atoms with Crippen LogP contribution in [0.25, 0.3) is 11.4 Å². The lowest BCUT2D eigenvalue weighted by Crippen LogP contribution is -2.29. The Bertz CT molecular complexity index is 1040. The third-order valence-electron chi connectivity index (χ3n) is 5.10. The average Bonchev–Trinajstić information content (AvgIpc) is 2.79. The van der Waals surface area contributed by atoms with E-state index in [0.29, 0.717) is 17.0 Å². The molecule has 1 aliphatic rings. The quantitative estimate of drug-likeness (QED) is 0.594. The van der Waals surface area contributed by atoms with Crippen LogP contribution in [0.2, 0.25) is 0 Å². The van der Waals surface area contributed by atoms with Crippen molar-refractivity contribution in [2.45, 2.75) is 25.4 Å². The summed E-state index contributed by atoms with van der Waals surface area (Å²) in [4.78, 5) is 14.2. The van der Waals surface area contributed by atoms with Crippen LogP contribution in [-0.4, -0.2) is 35.2 Å². The highest BCUT2D eigenvalue weighted by Crippen LogP contribution is 2.36. The monoisotopic (exact) mass is 429 g/mol. The van der Waals surface area contributed by atoms with Gasteiger partial charge in [-0.05, 0) is 43.5 Å². The highest BCUT2D eigenvalue weighted by atomic mass is 19.4. The van der Waals surface area contributed by atoms with Crippen molar-refractivity contribution in [1.29, 1.82) is 0 Å². The van der Waals surface area contributed by atoms with Gasteiger partial charge in [-0.25, -0.2) is 9.97 Å². The van der Waals surface area contributed by atoms with Crippen LogP contribution in [0, 0.1) is 0 Å². The van der Waals surface area contributed by atoms with E-state index in [-0.39, 0.29) is 11.6 Å². The van der Waals surface area contributed by atoms with Crippen LogP contribution in [0.1, 0.15) is 25.0 Å². The van der Waals surface area contributed by atoms with Crippen LogP contribution in [0.4, 0.5) is 30.4 Å². The molecule has 1 saturated heterocycles. The number of ether oxygens (including phenoxy) is 1. The fourth-order valence-electron chi connectivity index (χ4n) is 3.57. The summed E-state index contributed by atoms with van der Waals surface area (Å²) in [5, 5.41) is 3.07. The standard InChI is InChI=1S/C22H22F3N5O/c1-31-16-7-8-18(30-10-3-2-4-11-30)17(12-16)27-20-13-19(22(23,24)25)28-21(29-20)15-6-5-9-26-14-15/h5-9,12-14H,2-4,10-11H2,1H3,(H,27,28,29). The van der Waals surface area contributed by atoms with Crippen LogP contribution in [0.3, 0.4) is 0 Å². The topological polar surface area (TPSA) is 63.2 Å². The number of nitrogens with one attached hydrogen (secondary N) is 1. The minimum atomic E-state index is -4.61. The summed E-state index contributed by atoms with van der Waals surface area (Å²) in [5.41, 5.74) is 0.908. The van der Waals surface area contributed by atoms with E-state index in [1.165, 1.54) is 18.8 Å². The summed E-state index contributed by atoms with van der Waals surface area (Å²) in [6, 6.07) is 9.69. The van der Waals surface area contributed by atoms with Crippen molar-refractivity contribution in [3.05, 3.63) is 54.5 Å². The van der Waals surface area contributed by atoms with E-state index in [0.717, 1.165) is 37.7 Å². The molecule has 1 aliphatic heterocycles. The number of pyridine rings is 1. The Hall–Kier alpha value is -3.36. The number of benzene rings is 1. The molecule has 1 N–H and O–H groups in total. The Balaban J connectivity index is 1.76. The second-order valence-corrected chi connectivity index (χ2v) is 7.26. The number of methoxy groups -OCH3 is 1. The van der Waals surface area contributed by atoms with Crippen molar-refractivity contribution in [2.75, 3.05) is 30.4 Å². The van der Waals surface area contributed by atoms with Crippen molar-refractivity contribution < 1.29 is 17.9 Å². The molecule has 3 aromatic rings. The molecule has 0 aliphatic carbocycles. The number of halogens is 3. The number of rotatable bonds is 5. The Labute approximate surface area is 178 Å². The molecule has 1 fully saturated rings. The number of hydrogen-bond donors (Lipinski definition) is 1. The van der Waals surface area contributed by atoms with Crippen molar-refractivity contribution >= 4 is 17.2 Å². The van der Waals surface area contributed by atoms with Crippen LogP contribution < -0.4 is 15.0 Å². The van der Waals surface area contributed by atoms with Gasteiger partial charge in [0.05, 0.1) is 18.5 Å². The van der Waals surface area contributed by atoms with Crippen molar-refractivity contribution in [3.63, 3.8) is 0 Å². The molecule has 31 heavy (non-hydrogen) atoms. The Morgan fingerprint density at radius 1 is 1.03 bits per heavy atom. The van der Waals surface area contributed by atoms with Gasteiger partial charge in [0.1, 0.15) is 11.6 Å². The van der Waals surface area contributed by atoms with Crippen molar-refractivity contribution in [2.24, 2.45) is 0 Å². The number of hydrogen-bond acceptors (Lipinski definition) is 6. The molecular formula is C22H22F3N5O. The Morgan fingerprint density at radius 3 is 2.52 bits per heavy atom. The van der Waals surface area contributed by atoms with Gasteiger partial charge >= 0.3 is 6.18 Å². The van der Waals surface area contributed by atoms with E-state index in [1.54, 1.807) is 25.3 Å². The van der Waals surface area contributed by atoms with Crippen LogP contribution in [0.15, 0.2) is 48.8 Å². The maximum absolute atomic E-state index is 13.5. The number of alkyl halides is 3. The first-order chi connectivity index (χ1) is 14.9. The molecular weight excluding hydrogens is 407 g/mol. The van der Waals surface area contributed by atoms with Gasteiger partial charge in [-0.3, -0.25) is 4.98 Å².